The van der Waals surface area contributed by atoms with Crippen LogP contribution in [0.1, 0.15) is 90.4 Å². The van der Waals surface area contributed by atoms with Crippen molar-refractivity contribution in [3.63, 3.8) is 0 Å². The average Bonchev–Trinajstić information content (AvgIpc) is 3.49. The molecule has 8 nitrogen and oxygen atoms in total. The maximum Gasteiger partial charge on any atom is 0.247 e. The van der Waals surface area contributed by atoms with Gasteiger partial charge in [-0.25, -0.2) is 0 Å². The van der Waals surface area contributed by atoms with Crippen molar-refractivity contribution in [2.45, 2.75) is 115 Å². The van der Waals surface area contributed by atoms with Crippen LogP contribution in [0.2, 0.25) is 0 Å². The Hall–Kier alpha value is -1.69. The molecule has 0 bridgehead atoms. The van der Waals surface area contributed by atoms with Crippen molar-refractivity contribution < 1.29 is 29.3 Å². The summed E-state index contributed by atoms with van der Waals surface area (Å²) in [5.74, 6) is 0.268. The highest BCUT2D eigenvalue weighted by atomic mass is 127. The monoisotopic (exact) mass is 684 g/mol. The first-order valence-electron chi connectivity index (χ1n) is 15.5. The molecule has 0 saturated carbocycles. The number of nitrogens with zero attached hydrogens (tertiary/aromatic N) is 1. The van der Waals surface area contributed by atoms with Crippen molar-refractivity contribution in [2.24, 2.45) is 0 Å². The van der Waals surface area contributed by atoms with E-state index in [9.17, 15) is 19.8 Å². The van der Waals surface area contributed by atoms with Gasteiger partial charge in [0.2, 0.25) is 11.8 Å². The number of hydrogen-bond donors (Lipinski definition) is 3. The van der Waals surface area contributed by atoms with Crippen molar-refractivity contribution in [1.29, 1.82) is 0 Å². The van der Waals surface area contributed by atoms with E-state index < -0.39 is 18.2 Å². The number of carbonyl (C=O) groups is 2. The second kappa shape index (κ2) is 18.8. The van der Waals surface area contributed by atoms with Crippen LogP contribution in [-0.2, 0) is 14.3 Å². The maximum atomic E-state index is 13.7. The number of amides is 2. The lowest BCUT2D eigenvalue weighted by Gasteiger charge is -2.41. The fourth-order valence-corrected chi connectivity index (χ4v) is 6.14. The fourth-order valence-electron chi connectivity index (χ4n) is 5.63. The van der Waals surface area contributed by atoms with Gasteiger partial charge in [0.15, 0.2) is 0 Å². The Kier molecular flexibility index (Phi) is 15.5. The number of unbranched alkanes of at least 4 members (excludes halogenated alkanes) is 8. The largest absolute Gasteiger partial charge is 0.482 e. The summed E-state index contributed by atoms with van der Waals surface area (Å²) in [6.45, 7) is 3.24. The zero-order valence-electron chi connectivity index (χ0n) is 24.6. The van der Waals surface area contributed by atoms with Crippen LogP contribution in [0.4, 0.5) is 0 Å². The summed E-state index contributed by atoms with van der Waals surface area (Å²) in [6.07, 6.45) is 12.7. The molecule has 1 aliphatic carbocycles. The Morgan fingerprint density at radius 2 is 1.80 bits per heavy atom. The van der Waals surface area contributed by atoms with Gasteiger partial charge in [0.25, 0.3) is 0 Å². The van der Waals surface area contributed by atoms with Gasteiger partial charge in [-0.05, 0) is 60.1 Å². The third-order valence-corrected chi connectivity index (χ3v) is 8.84. The minimum absolute atomic E-state index is 0.0162. The summed E-state index contributed by atoms with van der Waals surface area (Å²) in [5.41, 5.74) is 0.443. The first kappa shape index (κ1) is 33.8. The molecule has 0 radical (unpaired) electrons. The van der Waals surface area contributed by atoms with Crippen molar-refractivity contribution in [3.8, 4) is 5.75 Å². The number of hydrogen-bond acceptors (Lipinski definition) is 6. The van der Waals surface area contributed by atoms with Gasteiger partial charge in [0.05, 0.1) is 22.3 Å². The van der Waals surface area contributed by atoms with Gasteiger partial charge >= 0.3 is 0 Å². The molecular weight excluding hydrogens is 635 g/mol. The van der Waals surface area contributed by atoms with Crippen LogP contribution >= 0.6 is 22.6 Å². The highest BCUT2D eigenvalue weighted by molar-refractivity contribution is 14.1. The quantitative estimate of drug-likeness (QED) is 0.146. The van der Waals surface area contributed by atoms with Crippen molar-refractivity contribution >= 4 is 34.4 Å². The summed E-state index contributed by atoms with van der Waals surface area (Å²) in [4.78, 5) is 28.5. The van der Waals surface area contributed by atoms with Gasteiger partial charge in [-0.2, -0.15) is 0 Å². The Bertz CT molecular complexity index is 967. The van der Waals surface area contributed by atoms with Crippen LogP contribution in [0, 0.1) is 3.57 Å². The van der Waals surface area contributed by atoms with Crippen molar-refractivity contribution in [2.75, 3.05) is 26.3 Å². The fraction of sp³-hybridized carbons (Fsp3) is 0.688. The van der Waals surface area contributed by atoms with Crippen LogP contribution in [0.25, 0.3) is 0 Å². The van der Waals surface area contributed by atoms with Crippen molar-refractivity contribution in [3.05, 3.63) is 39.5 Å². The molecule has 1 fully saturated rings. The van der Waals surface area contributed by atoms with E-state index in [2.05, 4.69) is 34.8 Å². The molecular formula is C32H49IN2O6. The lowest BCUT2D eigenvalue weighted by molar-refractivity contribution is -0.141. The van der Waals surface area contributed by atoms with Gasteiger partial charge in [0, 0.05) is 38.1 Å². The number of nitrogens with one attached hydrogen (secondary N) is 1. The summed E-state index contributed by atoms with van der Waals surface area (Å²) in [6, 6.07) is 6.89. The number of para-hydroxylation sites is 1. The van der Waals surface area contributed by atoms with Gasteiger partial charge in [-0.3, -0.25) is 9.59 Å². The molecule has 1 saturated heterocycles. The predicted octanol–water partition coefficient (Wildman–Crippen LogP) is 5.14. The van der Waals surface area contributed by atoms with Crippen molar-refractivity contribution in [1.82, 2.24) is 10.2 Å². The second-order valence-corrected chi connectivity index (χ2v) is 12.4. The lowest BCUT2D eigenvalue weighted by Crippen LogP contribution is -2.56. The predicted molar refractivity (Wildman–Crippen MR) is 169 cm³/mol. The molecule has 0 unspecified atom stereocenters. The zero-order valence-corrected chi connectivity index (χ0v) is 26.7. The normalized spacial score (nSPS) is 22.3. The average molecular weight is 685 g/mol. The molecule has 1 aromatic rings. The van der Waals surface area contributed by atoms with Crippen LogP contribution < -0.4 is 10.1 Å². The molecule has 2 amide bonds. The van der Waals surface area contributed by atoms with Gasteiger partial charge in [-0.1, -0.05) is 70.4 Å². The molecule has 3 N–H and O–H groups in total. The Morgan fingerprint density at radius 3 is 2.46 bits per heavy atom. The topological polar surface area (TPSA) is 108 Å². The summed E-state index contributed by atoms with van der Waals surface area (Å²) in [5, 5.41) is 23.5. The smallest absolute Gasteiger partial charge is 0.247 e. The number of halogens is 1. The van der Waals surface area contributed by atoms with Crippen LogP contribution in [-0.4, -0.2) is 77.6 Å². The number of rotatable bonds is 18. The van der Waals surface area contributed by atoms with E-state index in [0.29, 0.717) is 30.9 Å². The minimum atomic E-state index is -1.02. The highest BCUT2D eigenvalue weighted by Gasteiger charge is 2.41. The molecule has 41 heavy (non-hydrogen) atoms. The molecule has 0 spiro atoms. The van der Waals surface area contributed by atoms with Crippen LogP contribution in [0.3, 0.4) is 0 Å². The van der Waals surface area contributed by atoms with Gasteiger partial charge in [-0.15, -0.1) is 0 Å². The molecule has 230 valence electrons. The van der Waals surface area contributed by atoms with E-state index in [4.69, 9.17) is 9.47 Å². The first-order chi connectivity index (χ1) is 19.9. The molecule has 1 aromatic carbocycles. The molecule has 3 rings (SSSR count). The molecule has 0 aromatic heterocycles. The highest BCUT2D eigenvalue weighted by Crippen LogP contribution is 2.31. The third kappa shape index (κ3) is 11.1. The summed E-state index contributed by atoms with van der Waals surface area (Å²) >= 11 is 2.18. The maximum absolute atomic E-state index is 13.7. The summed E-state index contributed by atoms with van der Waals surface area (Å²) < 4.78 is 13.0. The van der Waals surface area contributed by atoms with E-state index in [1.54, 1.807) is 11.0 Å². The Labute approximate surface area is 259 Å². The minimum Gasteiger partial charge on any atom is -0.482 e. The zero-order chi connectivity index (χ0) is 29.5. The standard InChI is InChI=1S/C32H49IN2O6/c1-2-3-4-5-6-7-8-9-10-17-30(37)35(23-25-14-13-20-40-25)27-21-24(32(39)34-18-19-36)22-29(31(27)38)41-28-16-12-11-15-26(28)33/h11-12,15-16,22,25,27,29,31,36,38H,2-10,13-14,17-21,23H2,1H3,(H,34,39)/t25-,27-,29+,31+/m1/s1. The molecule has 1 aliphatic heterocycles. The van der Waals surface area contributed by atoms with E-state index in [-0.39, 0.29) is 37.5 Å². The molecule has 9 heteroatoms. The van der Waals surface area contributed by atoms with Gasteiger partial charge < -0.3 is 29.9 Å². The second-order valence-electron chi connectivity index (χ2n) is 11.2. The van der Waals surface area contributed by atoms with Crippen LogP contribution in [0.15, 0.2) is 35.9 Å². The Balaban J connectivity index is 1.72. The number of benzene rings is 1. The van der Waals surface area contributed by atoms with E-state index in [1.165, 1.54) is 38.5 Å². The molecule has 1 heterocycles. The summed E-state index contributed by atoms with van der Waals surface area (Å²) in [7, 11) is 0. The Morgan fingerprint density at radius 1 is 1.10 bits per heavy atom. The molecule has 4 atom stereocenters. The van der Waals surface area contributed by atoms with E-state index in [1.807, 2.05) is 24.3 Å². The van der Waals surface area contributed by atoms with Crippen LogP contribution in [0.5, 0.6) is 5.75 Å². The third-order valence-electron chi connectivity index (χ3n) is 7.95. The number of carbonyl (C=O) groups excluding carboxylic acids is 2. The SMILES string of the molecule is CCCCCCCCCCCC(=O)N(C[C@H]1CCCO1)[C@@H]1CC(C(=O)NCCO)=C[C@H](Oc2ccccc2I)[C@H]1O. The molecule has 2 aliphatic rings. The first-order valence-corrected chi connectivity index (χ1v) is 16.6. The number of aliphatic hydroxyl groups excluding tert-OH is 2. The van der Waals surface area contributed by atoms with E-state index in [0.717, 1.165) is 35.7 Å². The van der Waals surface area contributed by atoms with E-state index >= 15 is 0 Å². The number of ether oxygens (including phenoxy) is 2. The van der Waals surface area contributed by atoms with Gasteiger partial charge in [0.1, 0.15) is 18.0 Å². The number of aliphatic hydroxyl groups is 2. The lowest BCUT2D eigenvalue weighted by atomic mass is 9.87.